The topological polar surface area (TPSA) is 35.0 Å². The molecule has 3 nitrogen and oxygen atoms in total. The molecule has 0 aliphatic rings. The summed E-state index contributed by atoms with van der Waals surface area (Å²) in [6, 6.07) is 5.62. The summed E-state index contributed by atoms with van der Waals surface area (Å²) in [6.45, 7) is 0. The van der Waals surface area contributed by atoms with Crippen molar-refractivity contribution in [2.45, 2.75) is 0 Å². The van der Waals surface area contributed by atoms with Crippen LogP contribution in [0.4, 0.5) is 0 Å². The van der Waals surface area contributed by atoms with Crippen molar-refractivity contribution in [1.82, 2.24) is 10.2 Å². The zero-order valence-electron chi connectivity index (χ0n) is 6.99. The molecule has 2 aromatic rings. The number of methoxy groups -OCH3 is 1. The Bertz CT molecular complexity index is 445. The highest BCUT2D eigenvalue weighted by atomic mass is 35.5. The van der Waals surface area contributed by atoms with Crippen molar-refractivity contribution in [2.24, 2.45) is 0 Å². The van der Waals surface area contributed by atoms with Crippen LogP contribution in [0.2, 0.25) is 5.15 Å². The van der Waals surface area contributed by atoms with Crippen LogP contribution in [0.5, 0.6) is 5.75 Å². The minimum Gasteiger partial charge on any atom is -0.496 e. The van der Waals surface area contributed by atoms with Crippen LogP contribution in [-0.2, 0) is 0 Å². The summed E-state index contributed by atoms with van der Waals surface area (Å²) in [6.07, 6.45) is 1.64. The highest BCUT2D eigenvalue weighted by Gasteiger charge is 2.04. The molecule has 0 saturated carbocycles. The lowest BCUT2D eigenvalue weighted by molar-refractivity contribution is 0.419. The summed E-state index contributed by atoms with van der Waals surface area (Å²) in [7, 11) is 1.61. The monoisotopic (exact) mass is 194 g/mol. The standard InChI is InChI=1S/C9H7ClN2O/c1-13-8-4-2-3-6-7(8)5-11-12-9(6)10/h2-5H,1H3. The van der Waals surface area contributed by atoms with E-state index in [2.05, 4.69) is 10.2 Å². The first-order valence-corrected chi connectivity index (χ1v) is 4.14. The third-order valence-electron chi connectivity index (χ3n) is 1.84. The maximum absolute atomic E-state index is 5.86. The third-order valence-corrected chi connectivity index (χ3v) is 2.12. The Morgan fingerprint density at radius 1 is 1.31 bits per heavy atom. The van der Waals surface area contributed by atoms with E-state index >= 15 is 0 Å². The lowest BCUT2D eigenvalue weighted by Gasteiger charge is -2.03. The van der Waals surface area contributed by atoms with E-state index in [0.717, 1.165) is 16.5 Å². The van der Waals surface area contributed by atoms with E-state index in [1.165, 1.54) is 0 Å². The number of ether oxygens (including phenoxy) is 1. The Hall–Kier alpha value is -1.35. The normalized spacial score (nSPS) is 10.3. The van der Waals surface area contributed by atoms with Crippen LogP contribution < -0.4 is 4.74 Å². The van der Waals surface area contributed by atoms with E-state index in [1.807, 2.05) is 18.2 Å². The molecule has 0 aliphatic carbocycles. The van der Waals surface area contributed by atoms with Gasteiger partial charge in [0.2, 0.25) is 0 Å². The van der Waals surface area contributed by atoms with Gasteiger partial charge in [-0.25, -0.2) is 0 Å². The van der Waals surface area contributed by atoms with Crippen molar-refractivity contribution in [3.05, 3.63) is 29.5 Å². The largest absolute Gasteiger partial charge is 0.496 e. The van der Waals surface area contributed by atoms with Crippen molar-refractivity contribution in [3.8, 4) is 5.75 Å². The molecule has 0 fully saturated rings. The van der Waals surface area contributed by atoms with Gasteiger partial charge in [0.05, 0.1) is 13.3 Å². The number of benzene rings is 1. The van der Waals surface area contributed by atoms with E-state index in [9.17, 15) is 0 Å². The van der Waals surface area contributed by atoms with Gasteiger partial charge >= 0.3 is 0 Å². The molecule has 0 N–H and O–H groups in total. The van der Waals surface area contributed by atoms with E-state index < -0.39 is 0 Å². The molecule has 0 saturated heterocycles. The van der Waals surface area contributed by atoms with Crippen LogP contribution in [0, 0.1) is 0 Å². The van der Waals surface area contributed by atoms with Gasteiger partial charge in [-0.15, -0.1) is 5.10 Å². The molecule has 66 valence electrons. The van der Waals surface area contributed by atoms with Gasteiger partial charge in [-0.3, -0.25) is 0 Å². The fourth-order valence-corrected chi connectivity index (χ4v) is 1.43. The molecule has 0 atom stereocenters. The number of hydrogen-bond donors (Lipinski definition) is 0. The maximum Gasteiger partial charge on any atom is 0.159 e. The van der Waals surface area contributed by atoms with Crippen LogP contribution in [0.3, 0.4) is 0 Å². The molecule has 0 aliphatic heterocycles. The number of nitrogens with zero attached hydrogens (tertiary/aromatic N) is 2. The first-order chi connectivity index (χ1) is 6.33. The number of aromatic nitrogens is 2. The molecule has 1 aromatic carbocycles. The van der Waals surface area contributed by atoms with Crippen molar-refractivity contribution < 1.29 is 4.74 Å². The van der Waals surface area contributed by atoms with Gasteiger partial charge in [0.15, 0.2) is 5.15 Å². The summed E-state index contributed by atoms with van der Waals surface area (Å²) in [5.41, 5.74) is 0. The molecule has 4 heteroatoms. The molecule has 2 rings (SSSR count). The van der Waals surface area contributed by atoms with E-state index in [1.54, 1.807) is 13.3 Å². The smallest absolute Gasteiger partial charge is 0.159 e. The van der Waals surface area contributed by atoms with Gasteiger partial charge < -0.3 is 4.74 Å². The van der Waals surface area contributed by atoms with Gasteiger partial charge in [-0.05, 0) is 6.07 Å². The van der Waals surface area contributed by atoms with Gasteiger partial charge in [-0.2, -0.15) is 5.10 Å². The van der Waals surface area contributed by atoms with Crippen LogP contribution in [0.15, 0.2) is 24.4 Å². The van der Waals surface area contributed by atoms with E-state index in [0.29, 0.717) is 5.15 Å². The second-order valence-corrected chi connectivity index (χ2v) is 2.91. The molecule has 0 amide bonds. The lowest BCUT2D eigenvalue weighted by atomic mass is 10.2. The zero-order chi connectivity index (χ0) is 9.26. The third kappa shape index (κ3) is 1.31. The Balaban J connectivity index is 2.84. The maximum atomic E-state index is 5.86. The first-order valence-electron chi connectivity index (χ1n) is 3.77. The number of fused-ring (bicyclic) bond motifs is 1. The fourth-order valence-electron chi connectivity index (χ4n) is 1.23. The molecule has 1 aromatic heterocycles. The highest BCUT2D eigenvalue weighted by Crippen LogP contribution is 2.27. The quantitative estimate of drug-likeness (QED) is 0.699. The predicted molar refractivity (Wildman–Crippen MR) is 51.1 cm³/mol. The lowest BCUT2D eigenvalue weighted by Crippen LogP contribution is -1.88. The Morgan fingerprint density at radius 2 is 2.15 bits per heavy atom. The Morgan fingerprint density at radius 3 is 2.92 bits per heavy atom. The number of hydrogen-bond acceptors (Lipinski definition) is 3. The van der Waals surface area contributed by atoms with Crippen LogP contribution in [-0.4, -0.2) is 17.3 Å². The summed E-state index contributed by atoms with van der Waals surface area (Å²) in [4.78, 5) is 0. The second-order valence-electron chi connectivity index (χ2n) is 2.56. The molecule has 0 spiro atoms. The van der Waals surface area contributed by atoms with Crippen molar-refractivity contribution in [3.63, 3.8) is 0 Å². The summed E-state index contributed by atoms with van der Waals surface area (Å²) >= 11 is 5.86. The van der Waals surface area contributed by atoms with Gasteiger partial charge in [-0.1, -0.05) is 23.7 Å². The predicted octanol–water partition coefficient (Wildman–Crippen LogP) is 2.29. The first kappa shape index (κ1) is 8.26. The summed E-state index contributed by atoms with van der Waals surface area (Å²) < 4.78 is 5.16. The van der Waals surface area contributed by atoms with Crippen molar-refractivity contribution in [1.29, 1.82) is 0 Å². The van der Waals surface area contributed by atoms with Gasteiger partial charge in [0.25, 0.3) is 0 Å². The van der Waals surface area contributed by atoms with Gasteiger partial charge in [0, 0.05) is 10.8 Å². The molecule has 0 radical (unpaired) electrons. The zero-order valence-corrected chi connectivity index (χ0v) is 7.75. The average molecular weight is 195 g/mol. The van der Waals surface area contributed by atoms with E-state index in [4.69, 9.17) is 16.3 Å². The summed E-state index contributed by atoms with van der Waals surface area (Å²) in [5, 5.41) is 9.64. The molecule has 0 unspecified atom stereocenters. The molecular formula is C9H7ClN2O. The SMILES string of the molecule is COc1cccc2c(Cl)nncc12. The molecular weight excluding hydrogens is 188 g/mol. The highest BCUT2D eigenvalue weighted by molar-refractivity contribution is 6.34. The minimum absolute atomic E-state index is 0.399. The number of rotatable bonds is 1. The average Bonchev–Trinajstić information content (AvgIpc) is 2.18. The molecule has 1 heterocycles. The Kier molecular flexibility index (Phi) is 2.02. The second kappa shape index (κ2) is 3.18. The van der Waals surface area contributed by atoms with Gasteiger partial charge in [0.1, 0.15) is 5.75 Å². The van der Waals surface area contributed by atoms with Crippen LogP contribution >= 0.6 is 11.6 Å². The minimum atomic E-state index is 0.399. The summed E-state index contributed by atoms with van der Waals surface area (Å²) in [5.74, 6) is 0.759. The molecule has 13 heavy (non-hydrogen) atoms. The van der Waals surface area contributed by atoms with Crippen LogP contribution in [0.1, 0.15) is 0 Å². The van der Waals surface area contributed by atoms with Crippen LogP contribution in [0.25, 0.3) is 10.8 Å². The van der Waals surface area contributed by atoms with E-state index in [-0.39, 0.29) is 0 Å². The number of halogens is 1. The Labute approximate surface area is 80.3 Å². The van der Waals surface area contributed by atoms with Crippen molar-refractivity contribution >= 4 is 22.4 Å². The molecule has 0 bridgehead atoms. The van der Waals surface area contributed by atoms with Crippen molar-refractivity contribution in [2.75, 3.05) is 7.11 Å². The fraction of sp³-hybridized carbons (Fsp3) is 0.111.